The van der Waals surface area contributed by atoms with Crippen LogP contribution >= 0.6 is 0 Å². The van der Waals surface area contributed by atoms with Gasteiger partial charge in [0.2, 0.25) is 0 Å². The molecule has 1 rings (SSSR count). The van der Waals surface area contributed by atoms with Crippen molar-refractivity contribution in [2.75, 3.05) is 0 Å². The smallest absolute Gasteiger partial charge is 0.358 e. The number of rotatable bonds is 0. The average molecular weight is 337 g/mol. The normalized spacial score (nSPS) is 16.5. The van der Waals surface area contributed by atoms with Gasteiger partial charge in [0.1, 0.15) is 0 Å². The molecule has 0 aromatic rings. The van der Waals surface area contributed by atoms with Crippen LogP contribution in [0.3, 0.4) is 0 Å². The summed E-state index contributed by atoms with van der Waals surface area (Å²) in [5, 5.41) is 0. The van der Waals surface area contributed by atoms with Crippen molar-refractivity contribution in [2.45, 2.75) is 25.3 Å². The summed E-state index contributed by atoms with van der Waals surface area (Å²) in [7, 11) is 0. The van der Waals surface area contributed by atoms with Crippen molar-refractivity contribution in [3.63, 3.8) is 0 Å². The molecule has 0 saturated heterocycles. The molecule has 2 heteroatoms. The summed E-state index contributed by atoms with van der Waals surface area (Å²) in [4.78, 5) is 0. The Morgan fingerprint density at radius 1 is 1.09 bits per heavy atom. The van der Waals surface area contributed by atoms with Crippen molar-refractivity contribution >= 4 is 0 Å². The van der Waals surface area contributed by atoms with E-state index in [1.807, 2.05) is 0 Å². The fourth-order valence-electron chi connectivity index (χ4n) is 0.788. The van der Waals surface area contributed by atoms with Crippen LogP contribution in [-0.4, -0.2) is 5.54 Å². The van der Waals surface area contributed by atoms with Crippen LogP contribution in [-0.2, 0) is 21.1 Å². The Hall–Kier alpha value is 0.388. The summed E-state index contributed by atoms with van der Waals surface area (Å²) >= 11 is 0. The van der Waals surface area contributed by atoms with Crippen LogP contribution in [0.1, 0.15) is 19.8 Å². The van der Waals surface area contributed by atoms with Gasteiger partial charge in [-0.15, -0.1) is 0 Å². The molecule has 1 aliphatic rings. The quantitative estimate of drug-likeness (QED) is 0.533. The topological polar surface area (TPSA) is 26.0 Å². The molecule has 0 atom stereocenters. The van der Waals surface area contributed by atoms with Gasteiger partial charge in [-0.25, -0.2) is 0 Å². The molecule has 70 valence electrons. The molecule has 11 heavy (non-hydrogen) atoms. The molecule has 0 unspecified atom stereocenters. The van der Waals surface area contributed by atoms with Gasteiger partial charge in [-0.05, 0) is 19.8 Å². The summed E-state index contributed by atoms with van der Waals surface area (Å²) in [6, 6.07) is 0. The van der Waals surface area contributed by atoms with E-state index >= 15 is 0 Å². The number of hydrogen-bond donors (Lipinski definition) is 1. The van der Waals surface area contributed by atoms with Gasteiger partial charge < -0.3 is 28.0 Å². The van der Waals surface area contributed by atoms with E-state index in [2.05, 4.69) is 19.1 Å². The van der Waals surface area contributed by atoms with Crippen molar-refractivity contribution in [1.29, 1.82) is 0 Å². The minimum atomic E-state index is 0. The van der Waals surface area contributed by atoms with Crippen molar-refractivity contribution in [2.24, 2.45) is 5.73 Å². The molecule has 0 spiro atoms. The zero-order valence-corrected chi connectivity index (χ0v) is 10.2. The van der Waals surface area contributed by atoms with E-state index in [0.29, 0.717) is 0 Å². The molecule has 2 N–H and O–H groups in total. The van der Waals surface area contributed by atoms with E-state index in [1.165, 1.54) is 0 Å². The monoisotopic (exact) mass is 337 g/mol. The number of hydrogen-bond acceptors (Lipinski definition) is 1. The molecule has 0 saturated carbocycles. The van der Waals surface area contributed by atoms with Crippen LogP contribution in [0.4, 0.5) is 0 Å². The third kappa shape index (κ3) is 8.29. The minimum Gasteiger partial charge on any atom is -0.358 e. The van der Waals surface area contributed by atoms with Gasteiger partial charge in [0.15, 0.2) is 0 Å². The predicted molar refractivity (Wildman–Crippen MR) is 50.2 cm³/mol. The Kier molecular flexibility index (Phi) is 17.4. The van der Waals surface area contributed by atoms with Gasteiger partial charge in [-0.2, -0.15) is 0 Å². The van der Waals surface area contributed by atoms with Gasteiger partial charge >= 0.3 is 21.1 Å². The first-order valence-corrected chi connectivity index (χ1v) is 2.65. The molecule has 0 radical (unpaired) electrons. The first kappa shape index (κ1) is 22.5. The van der Waals surface area contributed by atoms with Gasteiger partial charge in [0, 0.05) is 5.54 Å². The Bertz CT molecular complexity index is 87.7. The van der Waals surface area contributed by atoms with Crippen molar-refractivity contribution in [3.8, 4) is 0 Å². The fourth-order valence-corrected chi connectivity index (χ4v) is 0.788. The second kappa shape index (κ2) is 8.48. The Morgan fingerprint density at radius 2 is 1.36 bits per heavy atom. The average Bonchev–Trinajstić information content (AvgIpc) is 1.84. The van der Waals surface area contributed by atoms with E-state index in [4.69, 9.17) is 5.73 Å². The first-order valence-electron chi connectivity index (χ1n) is 2.65. The van der Waals surface area contributed by atoms with Crippen LogP contribution in [0.15, 0.2) is 12.2 Å². The van der Waals surface area contributed by atoms with E-state index in [0.717, 1.165) is 12.8 Å². The minimum absolute atomic E-state index is 0. The fraction of sp³-hybridized carbons (Fsp3) is 0.444. The summed E-state index contributed by atoms with van der Waals surface area (Å²) in [6.07, 6.45) is 6.38. The zero-order valence-electron chi connectivity index (χ0n) is 7.96. The first-order chi connectivity index (χ1) is 3.21. The molecule has 0 aliphatic heterocycles. The number of nitrogens with two attached hydrogens (primary N) is 1. The molecule has 0 aromatic heterocycles. The second-order valence-corrected chi connectivity index (χ2v) is 2.53. The molecular weight excluding hydrogens is 317 g/mol. The Labute approximate surface area is 86.7 Å². The van der Waals surface area contributed by atoms with Gasteiger partial charge in [0.05, 0.1) is 0 Å². The SMILES string of the molecule is CC1(N)CC=CC1.[CH3-].[CH3-].[CH3-].[Pt+4]. The second-order valence-electron chi connectivity index (χ2n) is 2.53. The van der Waals surface area contributed by atoms with Crippen LogP contribution in [0.2, 0.25) is 0 Å². The Balaban J connectivity index is -0.0000000612. The standard InChI is InChI=1S/C6H11N.3CH3.Pt/c1-6(7)4-2-3-5-6;;;;/h2-3H,4-5,7H2,1H3;3*1H3;/q;3*-1;+4. The molecule has 0 amide bonds. The third-order valence-corrected chi connectivity index (χ3v) is 1.33. The summed E-state index contributed by atoms with van der Waals surface area (Å²) in [5.41, 5.74) is 5.80. The van der Waals surface area contributed by atoms with Crippen LogP contribution < -0.4 is 5.73 Å². The summed E-state index contributed by atoms with van der Waals surface area (Å²) in [5.74, 6) is 0. The van der Waals surface area contributed by atoms with Crippen LogP contribution in [0, 0.1) is 22.3 Å². The van der Waals surface area contributed by atoms with E-state index in [1.54, 1.807) is 0 Å². The summed E-state index contributed by atoms with van der Waals surface area (Å²) < 4.78 is 0. The van der Waals surface area contributed by atoms with Crippen molar-refractivity contribution in [1.82, 2.24) is 0 Å². The largest absolute Gasteiger partial charge is 4.00 e. The van der Waals surface area contributed by atoms with E-state index < -0.39 is 0 Å². The van der Waals surface area contributed by atoms with E-state index in [-0.39, 0.29) is 48.9 Å². The molecule has 0 fully saturated rings. The maximum atomic E-state index is 5.72. The van der Waals surface area contributed by atoms with E-state index in [9.17, 15) is 0 Å². The molecule has 1 aliphatic carbocycles. The molecule has 1 nitrogen and oxygen atoms in total. The zero-order chi connectivity index (χ0) is 5.33. The summed E-state index contributed by atoms with van der Waals surface area (Å²) in [6.45, 7) is 2.08. The molecule has 0 bridgehead atoms. The van der Waals surface area contributed by atoms with Crippen molar-refractivity contribution < 1.29 is 21.1 Å². The molecule has 0 heterocycles. The maximum absolute atomic E-state index is 5.72. The molecular formula is C9H20NPt+. The third-order valence-electron chi connectivity index (χ3n) is 1.33. The van der Waals surface area contributed by atoms with Gasteiger partial charge in [0.25, 0.3) is 0 Å². The Morgan fingerprint density at radius 3 is 1.45 bits per heavy atom. The van der Waals surface area contributed by atoms with Crippen LogP contribution in [0.25, 0.3) is 0 Å². The van der Waals surface area contributed by atoms with Gasteiger partial charge in [-0.3, -0.25) is 0 Å². The molecule has 0 aromatic carbocycles. The maximum Gasteiger partial charge on any atom is 4.00 e. The van der Waals surface area contributed by atoms with Gasteiger partial charge in [-0.1, -0.05) is 12.2 Å². The predicted octanol–water partition coefficient (Wildman–Crippen LogP) is 2.40. The van der Waals surface area contributed by atoms with Crippen molar-refractivity contribution in [3.05, 3.63) is 34.4 Å². The van der Waals surface area contributed by atoms with Crippen LogP contribution in [0.5, 0.6) is 0 Å².